The van der Waals surface area contributed by atoms with Gasteiger partial charge in [0.05, 0.1) is 23.5 Å². The number of hydrogen-bond donors (Lipinski definition) is 1. The summed E-state index contributed by atoms with van der Waals surface area (Å²) in [5.74, 6) is 0.837. The summed E-state index contributed by atoms with van der Waals surface area (Å²) in [5, 5.41) is 3.79. The van der Waals surface area contributed by atoms with Crippen LogP contribution in [0.15, 0.2) is 47.6 Å². The normalized spacial score (nSPS) is 10.4. The highest BCUT2D eigenvalue weighted by molar-refractivity contribution is 7.99. The molecule has 21 heavy (non-hydrogen) atoms. The number of nitrogens with one attached hydrogen (secondary N) is 1. The minimum atomic E-state index is -0.142. The smallest absolute Gasteiger partial charge is 0.255 e. The molecule has 1 amide bonds. The molecule has 0 bridgehead atoms. The van der Waals surface area contributed by atoms with Crippen molar-refractivity contribution < 1.29 is 9.53 Å². The van der Waals surface area contributed by atoms with E-state index in [-0.39, 0.29) is 5.91 Å². The van der Waals surface area contributed by atoms with Crippen molar-refractivity contribution in [2.75, 3.05) is 18.2 Å². The van der Waals surface area contributed by atoms with Crippen LogP contribution in [0, 0.1) is 0 Å². The number of pyridine rings is 1. The van der Waals surface area contributed by atoms with Gasteiger partial charge in [-0.2, -0.15) is 0 Å². The topological polar surface area (TPSA) is 51.2 Å². The van der Waals surface area contributed by atoms with Crippen LogP contribution in [0.25, 0.3) is 0 Å². The zero-order valence-electron chi connectivity index (χ0n) is 12.1. The molecule has 1 N–H and O–H groups in total. The van der Waals surface area contributed by atoms with Gasteiger partial charge in [0.1, 0.15) is 0 Å². The van der Waals surface area contributed by atoms with Crippen LogP contribution in [0.3, 0.4) is 0 Å². The van der Waals surface area contributed by atoms with Crippen LogP contribution in [0.4, 0.5) is 5.69 Å². The molecule has 1 aromatic carbocycles. The van der Waals surface area contributed by atoms with Gasteiger partial charge < -0.3 is 10.1 Å². The lowest BCUT2D eigenvalue weighted by atomic mass is 10.1. The molecule has 2 rings (SSSR count). The summed E-state index contributed by atoms with van der Waals surface area (Å²) in [5.41, 5.74) is 2.35. The molecular formula is C16H18N2O2S. The minimum absolute atomic E-state index is 0.142. The Bertz CT molecular complexity index is 582. The fraction of sp³-hybridized carbons (Fsp3) is 0.250. The van der Waals surface area contributed by atoms with Crippen molar-refractivity contribution in [1.82, 2.24) is 4.98 Å². The number of amides is 1. The Morgan fingerprint density at radius 3 is 2.57 bits per heavy atom. The van der Waals surface area contributed by atoms with Gasteiger partial charge in [0.25, 0.3) is 5.91 Å². The fourth-order valence-electron chi connectivity index (χ4n) is 1.81. The van der Waals surface area contributed by atoms with Crippen molar-refractivity contribution in [2.24, 2.45) is 0 Å². The van der Waals surface area contributed by atoms with E-state index in [1.54, 1.807) is 37.2 Å². The van der Waals surface area contributed by atoms with Gasteiger partial charge in [-0.05, 0) is 35.6 Å². The van der Waals surface area contributed by atoms with E-state index in [4.69, 9.17) is 4.74 Å². The van der Waals surface area contributed by atoms with Crippen molar-refractivity contribution in [1.29, 1.82) is 0 Å². The van der Waals surface area contributed by atoms with E-state index in [1.165, 1.54) is 0 Å². The van der Waals surface area contributed by atoms with Gasteiger partial charge in [0, 0.05) is 12.7 Å². The molecule has 0 saturated carbocycles. The summed E-state index contributed by atoms with van der Waals surface area (Å²) in [6.45, 7) is 2.62. The molecule has 1 heterocycles. The molecule has 0 spiro atoms. The van der Waals surface area contributed by atoms with Crippen molar-refractivity contribution in [3.05, 3.63) is 53.7 Å². The Morgan fingerprint density at radius 1 is 1.24 bits per heavy atom. The molecule has 0 radical (unpaired) electrons. The lowest BCUT2D eigenvalue weighted by molar-refractivity contribution is 0.102. The first kappa shape index (κ1) is 15.5. The second-order valence-corrected chi connectivity index (χ2v) is 5.69. The number of rotatable bonds is 6. The van der Waals surface area contributed by atoms with Gasteiger partial charge in [-0.25, -0.2) is 4.98 Å². The molecule has 110 valence electrons. The Kier molecular flexibility index (Phi) is 5.78. The maximum atomic E-state index is 12.1. The molecule has 5 heteroatoms. The summed E-state index contributed by atoms with van der Waals surface area (Å²) in [6.07, 6.45) is 1.68. The van der Waals surface area contributed by atoms with Crippen LogP contribution in [0.2, 0.25) is 0 Å². The molecule has 2 aromatic rings. The van der Waals surface area contributed by atoms with Crippen LogP contribution in [0.5, 0.6) is 0 Å². The summed E-state index contributed by atoms with van der Waals surface area (Å²) >= 11 is 1.67. The first-order valence-corrected chi connectivity index (χ1v) is 7.69. The predicted octanol–water partition coefficient (Wildman–Crippen LogP) is 3.59. The number of carbonyl (C=O) groups excluding carboxylic acids is 1. The number of methoxy groups -OCH3 is 1. The SMILES string of the molecule is CCSc1ccc(NC(=O)c2ccc(COC)cc2)cn1. The zero-order valence-corrected chi connectivity index (χ0v) is 12.9. The highest BCUT2D eigenvalue weighted by Gasteiger charge is 2.06. The Morgan fingerprint density at radius 2 is 2.00 bits per heavy atom. The van der Waals surface area contributed by atoms with Gasteiger partial charge in [0.2, 0.25) is 0 Å². The Hall–Kier alpha value is -1.85. The summed E-state index contributed by atoms with van der Waals surface area (Å²) in [7, 11) is 1.65. The third kappa shape index (κ3) is 4.58. The molecule has 4 nitrogen and oxygen atoms in total. The number of thioether (sulfide) groups is 1. The monoisotopic (exact) mass is 302 g/mol. The second kappa shape index (κ2) is 7.81. The average molecular weight is 302 g/mol. The van der Waals surface area contributed by atoms with Crippen LogP contribution in [0.1, 0.15) is 22.8 Å². The van der Waals surface area contributed by atoms with E-state index < -0.39 is 0 Å². The predicted molar refractivity (Wildman–Crippen MR) is 85.7 cm³/mol. The maximum Gasteiger partial charge on any atom is 0.255 e. The van der Waals surface area contributed by atoms with E-state index >= 15 is 0 Å². The van der Waals surface area contributed by atoms with E-state index in [0.717, 1.165) is 16.3 Å². The highest BCUT2D eigenvalue weighted by Crippen LogP contribution is 2.17. The Labute approximate surface area is 128 Å². The minimum Gasteiger partial charge on any atom is -0.380 e. The van der Waals surface area contributed by atoms with Crippen LogP contribution in [-0.4, -0.2) is 23.8 Å². The van der Waals surface area contributed by atoms with Gasteiger partial charge in [-0.3, -0.25) is 4.79 Å². The second-order valence-electron chi connectivity index (χ2n) is 4.40. The number of anilines is 1. The highest BCUT2D eigenvalue weighted by atomic mass is 32.2. The van der Waals surface area contributed by atoms with E-state index in [0.29, 0.717) is 17.9 Å². The summed E-state index contributed by atoms with van der Waals surface area (Å²) in [6, 6.07) is 11.1. The number of hydrogen-bond acceptors (Lipinski definition) is 4. The van der Waals surface area contributed by atoms with E-state index in [1.807, 2.05) is 24.3 Å². The fourth-order valence-corrected chi connectivity index (χ4v) is 2.40. The molecule has 1 aromatic heterocycles. The van der Waals surface area contributed by atoms with E-state index in [2.05, 4.69) is 17.2 Å². The standard InChI is InChI=1S/C16H18N2O2S/c1-3-21-15-9-8-14(10-17-15)18-16(19)13-6-4-12(5-7-13)11-20-2/h4-10H,3,11H2,1-2H3,(H,18,19). The Balaban J connectivity index is 2.00. The van der Waals surface area contributed by atoms with Crippen LogP contribution < -0.4 is 5.32 Å². The number of benzene rings is 1. The van der Waals surface area contributed by atoms with Gasteiger partial charge in [-0.15, -0.1) is 11.8 Å². The van der Waals surface area contributed by atoms with Crippen LogP contribution >= 0.6 is 11.8 Å². The van der Waals surface area contributed by atoms with Gasteiger partial charge in [0.15, 0.2) is 0 Å². The molecule has 0 aliphatic heterocycles. The quantitative estimate of drug-likeness (QED) is 0.828. The zero-order chi connectivity index (χ0) is 15.1. The largest absolute Gasteiger partial charge is 0.380 e. The van der Waals surface area contributed by atoms with Crippen molar-refractivity contribution in [3.8, 4) is 0 Å². The molecule has 0 unspecified atom stereocenters. The first-order valence-electron chi connectivity index (χ1n) is 6.71. The lowest BCUT2D eigenvalue weighted by Crippen LogP contribution is -2.12. The molecule has 0 saturated heterocycles. The van der Waals surface area contributed by atoms with Gasteiger partial charge >= 0.3 is 0 Å². The number of nitrogens with zero attached hydrogens (tertiary/aromatic N) is 1. The van der Waals surface area contributed by atoms with Crippen molar-refractivity contribution in [3.63, 3.8) is 0 Å². The molecule has 0 aliphatic carbocycles. The number of carbonyl (C=O) groups is 1. The number of ether oxygens (including phenoxy) is 1. The third-order valence-electron chi connectivity index (χ3n) is 2.81. The lowest BCUT2D eigenvalue weighted by Gasteiger charge is -2.06. The first-order chi connectivity index (χ1) is 10.2. The van der Waals surface area contributed by atoms with Gasteiger partial charge in [-0.1, -0.05) is 19.1 Å². The number of aromatic nitrogens is 1. The molecular weight excluding hydrogens is 284 g/mol. The molecule has 0 aliphatic rings. The summed E-state index contributed by atoms with van der Waals surface area (Å²) < 4.78 is 5.04. The van der Waals surface area contributed by atoms with Crippen molar-refractivity contribution in [2.45, 2.75) is 18.6 Å². The molecule has 0 fully saturated rings. The van der Waals surface area contributed by atoms with Crippen molar-refractivity contribution >= 4 is 23.4 Å². The summed E-state index contributed by atoms with van der Waals surface area (Å²) in [4.78, 5) is 16.4. The maximum absolute atomic E-state index is 12.1. The third-order valence-corrected chi connectivity index (χ3v) is 3.64. The average Bonchev–Trinajstić information content (AvgIpc) is 2.50. The van der Waals surface area contributed by atoms with E-state index in [9.17, 15) is 4.79 Å². The van der Waals surface area contributed by atoms with Crippen LogP contribution in [-0.2, 0) is 11.3 Å². The molecule has 0 atom stereocenters.